The number of hydrogen-bond donors (Lipinski definition) is 2. The van der Waals surface area contributed by atoms with Crippen molar-refractivity contribution in [3.63, 3.8) is 0 Å². The number of rotatable bonds is 2. The van der Waals surface area contributed by atoms with Crippen molar-refractivity contribution in [2.24, 2.45) is 5.41 Å². The van der Waals surface area contributed by atoms with Crippen molar-refractivity contribution in [2.75, 3.05) is 33.0 Å². The average molecular weight is 216 g/mol. The van der Waals surface area contributed by atoms with E-state index >= 15 is 0 Å². The molecule has 0 aliphatic carbocycles. The third-order valence-electron chi connectivity index (χ3n) is 3.93. The molecule has 0 aromatic carbocycles. The lowest BCUT2D eigenvalue weighted by molar-refractivity contribution is -0.198. The van der Waals surface area contributed by atoms with Gasteiger partial charge in [-0.3, -0.25) is 0 Å². The summed E-state index contributed by atoms with van der Waals surface area (Å²) >= 11 is 0. The smallest absolute Gasteiger partial charge is 0.0791 e. The van der Waals surface area contributed by atoms with Crippen molar-refractivity contribution < 1.29 is 19.7 Å². The van der Waals surface area contributed by atoms with Gasteiger partial charge in [0.25, 0.3) is 0 Å². The van der Waals surface area contributed by atoms with Gasteiger partial charge in [0, 0.05) is 38.1 Å². The third kappa shape index (κ3) is 1.91. The van der Waals surface area contributed by atoms with Crippen LogP contribution in [0, 0.1) is 5.41 Å². The fraction of sp³-hybridized carbons (Fsp3) is 1.00. The Morgan fingerprint density at radius 1 is 1.00 bits per heavy atom. The molecule has 2 aliphatic heterocycles. The number of aliphatic hydroxyl groups excluding tert-OH is 1. The third-order valence-corrected chi connectivity index (χ3v) is 3.93. The molecule has 0 aromatic rings. The quantitative estimate of drug-likeness (QED) is 0.698. The largest absolute Gasteiger partial charge is 0.396 e. The van der Waals surface area contributed by atoms with E-state index in [1.54, 1.807) is 0 Å². The molecule has 2 N–H and O–H groups in total. The highest BCUT2D eigenvalue weighted by atomic mass is 16.5. The second-order valence-corrected chi connectivity index (χ2v) is 4.74. The molecular weight excluding hydrogens is 196 g/mol. The van der Waals surface area contributed by atoms with E-state index < -0.39 is 11.0 Å². The Morgan fingerprint density at radius 2 is 1.73 bits per heavy atom. The first-order chi connectivity index (χ1) is 7.22. The van der Waals surface area contributed by atoms with E-state index in [1.807, 2.05) is 0 Å². The second kappa shape index (κ2) is 4.37. The molecule has 0 spiro atoms. The van der Waals surface area contributed by atoms with Crippen LogP contribution >= 0.6 is 0 Å². The first-order valence-electron chi connectivity index (χ1n) is 5.71. The maximum atomic E-state index is 10.6. The SMILES string of the molecule is OCC1(C2(O)CCOCC2)CCCOC1. The molecular formula is C11H20O4. The van der Waals surface area contributed by atoms with Gasteiger partial charge in [-0.25, -0.2) is 0 Å². The van der Waals surface area contributed by atoms with Crippen LogP contribution in [0.3, 0.4) is 0 Å². The summed E-state index contributed by atoms with van der Waals surface area (Å²) in [5.74, 6) is 0. The van der Waals surface area contributed by atoms with Gasteiger partial charge < -0.3 is 19.7 Å². The van der Waals surface area contributed by atoms with Crippen LogP contribution in [-0.4, -0.2) is 48.8 Å². The molecule has 4 nitrogen and oxygen atoms in total. The fourth-order valence-electron chi connectivity index (χ4n) is 2.73. The Kier molecular flexibility index (Phi) is 3.30. The zero-order valence-electron chi connectivity index (χ0n) is 9.07. The summed E-state index contributed by atoms with van der Waals surface area (Å²) in [6.45, 7) is 2.38. The lowest BCUT2D eigenvalue weighted by Gasteiger charge is -2.49. The van der Waals surface area contributed by atoms with Gasteiger partial charge in [-0.15, -0.1) is 0 Å². The molecule has 1 unspecified atom stereocenters. The molecule has 2 rings (SSSR count). The van der Waals surface area contributed by atoms with Crippen LogP contribution in [0.5, 0.6) is 0 Å². The monoisotopic (exact) mass is 216 g/mol. The standard InChI is InChI=1S/C11H20O4/c12-8-10(2-1-5-15-9-10)11(13)3-6-14-7-4-11/h12-13H,1-9H2. The Labute approximate surface area is 90.2 Å². The molecule has 1 atom stereocenters. The second-order valence-electron chi connectivity index (χ2n) is 4.74. The number of aliphatic hydroxyl groups is 2. The van der Waals surface area contributed by atoms with Crippen LogP contribution in [0.25, 0.3) is 0 Å². The van der Waals surface area contributed by atoms with Gasteiger partial charge in [0.15, 0.2) is 0 Å². The molecule has 15 heavy (non-hydrogen) atoms. The fourth-order valence-corrected chi connectivity index (χ4v) is 2.73. The Morgan fingerprint density at radius 3 is 2.27 bits per heavy atom. The molecule has 4 heteroatoms. The van der Waals surface area contributed by atoms with E-state index in [2.05, 4.69) is 0 Å². The number of ether oxygens (including phenoxy) is 2. The van der Waals surface area contributed by atoms with Gasteiger partial charge >= 0.3 is 0 Å². The summed E-state index contributed by atoms with van der Waals surface area (Å²) in [5, 5.41) is 20.2. The average Bonchev–Trinajstić information content (AvgIpc) is 2.31. The summed E-state index contributed by atoms with van der Waals surface area (Å²) < 4.78 is 10.7. The lowest BCUT2D eigenvalue weighted by atomic mass is 9.65. The minimum Gasteiger partial charge on any atom is -0.396 e. The highest BCUT2D eigenvalue weighted by Gasteiger charge is 2.51. The van der Waals surface area contributed by atoms with E-state index in [4.69, 9.17) is 9.47 Å². The van der Waals surface area contributed by atoms with Crippen molar-refractivity contribution in [1.29, 1.82) is 0 Å². The molecule has 0 bridgehead atoms. The highest BCUT2D eigenvalue weighted by Crippen LogP contribution is 2.44. The first kappa shape index (κ1) is 11.3. The Bertz CT molecular complexity index is 205. The zero-order chi connectivity index (χ0) is 10.8. The van der Waals surface area contributed by atoms with E-state index in [1.165, 1.54) is 0 Å². The molecule has 2 aliphatic rings. The summed E-state index contributed by atoms with van der Waals surface area (Å²) in [5.41, 5.74) is -1.27. The molecule has 0 radical (unpaired) electrons. The van der Waals surface area contributed by atoms with Crippen molar-refractivity contribution in [3.05, 3.63) is 0 Å². The van der Waals surface area contributed by atoms with E-state index in [0.29, 0.717) is 32.7 Å². The molecule has 0 saturated carbocycles. The zero-order valence-corrected chi connectivity index (χ0v) is 9.07. The van der Waals surface area contributed by atoms with Crippen LogP contribution < -0.4 is 0 Å². The summed E-state index contributed by atoms with van der Waals surface area (Å²) in [6, 6.07) is 0. The number of hydrogen-bond acceptors (Lipinski definition) is 4. The lowest BCUT2D eigenvalue weighted by Crippen LogP contribution is -2.57. The van der Waals surface area contributed by atoms with E-state index in [-0.39, 0.29) is 6.61 Å². The van der Waals surface area contributed by atoms with Crippen LogP contribution in [0.15, 0.2) is 0 Å². The van der Waals surface area contributed by atoms with Crippen LogP contribution in [0.1, 0.15) is 25.7 Å². The van der Waals surface area contributed by atoms with Gasteiger partial charge in [-0.2, -0.15) is 0 Å². The highest BCUT2D eigenvalue weighted by molar-refractivity contribution is 5.00. The molecule has 2 heterocycles. The Hall–Kier alpha value is -0.160. The predicted octanol–water partition coefficient (Wildman–Crippen LogP) is 0.317. The Balaban J connectivity index is 2.15. The van der Waals surface area contributed by atoms with Gasteiger partial charge in [-0.1, -0.05) is 0 Å². The minimum absolute atomic E-state index is 0.00347. The minimum atomic E-state index is -0.805. The van der Waals surface area contributed by atoms with E-state index in [9.17, 15) is 10.2 Å². The normalized spacial score (nSPS) is 36.4. The molecule has 0 aromatic heterocycles. The summed E-state index contributed by atoms with van der Waals surface area (Å²) in [4.78, 5) is 0. The molecule has 88 valence electrons. The van der Waals surface area contributed by atoms with Crippen LogP contribution in [-0.2, 0) is 9.47 Å². The van der Waals surface area contributed by atoms with Crippen molar-refractivity contribution in [1.82, 2.24) is 0 Å². The topological polar surface area (TPSA) is 58.9 Å². The van der Waals surface area contributed by atoms with Crippen LogP contribution in [0.2, 0.25) is 0 Å². The van der Waals surface area contributed by atoms with Crippen LogP contribution in [0.4, 0.5) is 0 Å². The van der Waals surface area contributed by atoms with E-state index in [0.717, 1.165) is 19.4 Å². The van der Waals surface area contributed by atoms with Gasteiger partial charge in [0.2, 0.25) is 0 Å². The maximum Gasteiger partial charge on any atom is 0.0791 e. The summed E-state index contributed by atoms with van der Waals surface area (Å²) in [6.07, 6.45) is 2.98. The van der Waals surface area contributed by atoms with Crippen molar-refractivity contribution >= 4 is 0 Å². The predicted molar refractivity (Wildman–Crippen MR) is 54.6 cm³/mol. The molecule has 0 amide bonds. The maximum absolute atomic E-state index is 10.6. The molecule has 2 fully saturated rings. The molecule has 2 saturated heterocycles. The first-order valence-corrected chi connectivity index (χ1v) is 5.71. The summed E-state index contributed by atoms with van der Waals surface area (Å²) in [7, 11) is 0. The van der Waals surface area contributed by atoms with Gasteiger partial charge in [0.1, 0.15) is 0 Å². The van der Waals surface area contributed by atoms with Crippen molar-refractivity contribution in [2.45, 2.75) is 31.3 Å². The van der Waals surface area contributed by atoms with Crippen molar-refractivity contribution in [3.8, 4) is 0 Å². The van der Waals surface area contributed by atoms with Gasteiger partial charge in [-0.05, 0) is 12.8 Å². The van der Waals surface area contributed by atoms with Gasteiger partial charge in [0.05, 0.1) is 18.8 Å².